The summed E-state index contributed by atoms with van der Waals surface area (Å²) >= 11 is 0. The van der Waals surface area contributed by atoms with Crippen molar-refractivity contribution in [2.75, 3.05) is 6.61 Å². The first kappa shape index (κ1) is 30.0. The molecule has 0 spiro atoms. The Kier molecular flexibility index (Phi) is 8.87. The molecular formula is C15H17F8O8S-. The molecule has 17 heteroatoms. The molecule has 0 N–H and O–H groups in total. The van der Waals surface area contributed by atoms with E-state index in [4.69, 9.17) is 0 Å². The summed E-state index contributed by atoms with van der Waals surface area (Å²) in [6.07, 6.45) is -9.74. The molecule has 0 aromatic heterocycles. The zero-order chi connectivity index (χ0) is 26.0. The third kappa shape index (κ3) is 6.99. The van der Waals surface area contributed by atoms with Crippen LogP contribution in [0.4, 0.5) is 35.1 Å². The summed E-state index contributed by atoms with van der Waals surface area (Å²) in [4.78, 5) is 23.4. The molecule has 0 aliphatic carbocycles. The van der Waals surface area contributed by atoms with Crippen LogP contribution in [-0.4, -0.2) is 60.3 Å². The molecule has 0 fully saturated rings. The van der Waals surface area contributed by atoms with Crippen molar-refractivity contribution in [3.05, 3.63) is 12.4 Å². The number of alkyl halides is 7. The second kappa shape index (κ2) is 9.46. The van der Waals surface area contributed by atoms with E-state index in [-0.39, 0.29) is 0 Å². The summed E-state index contributed by atoms with van der Waals surface area (Å²) in [5, 5.41) is -6.12. The lowest BCUT2D eigenvalue weighted by Crippen LogP contribution is -2.59. The fraction of sp³-hybridized carbons (Fsp3) is 0.733. The molecule has 32 heavy (non-hydrogen) atoms. The maximum absolute atomic E-state index is 13.6. The lowest BCUT2D eigenvalue weighted by Gasteiger charge is -2.34. The van der Waals surface area contributed by atoms with E-state index in [0.29, 0.717) is 0 Å². The van der Waals surface area contributed by atoms with Gasteiger partial charge in [0.1, 0.15) is 5.60 Å². The van der Waals surface area contributed by atoms with Crippen molar-refractivity contribution in [2.45, 2.75) is 62.4 Å². The summed E-state index contributed by atoms with van der Waals surface area (Å²) in [6, 6.07) is 0. The maximum Gasteiger partial charge on any atom is 0.468 e. The lowest BCUT2D eigenvalue weighted by atomic mass is 10.1. The molecular weight excluding hydrogens is 492 g/mol. The number of esters is 2. The van der Waals surface area contributed by atoms with Crippen LogP contribution in [0, 0.1) is 0 Å². The van der Waals surface area contributed by atoms with Gasteiger partial charge in [0.05, 0.1) is 6.61 Å². The van der Waals surface area contributed by atoms with Gasteiger partial charge >= 0.3 is 35.1 Å². The van der Waals surface area contributed by atoms with Gasteiger partial charge in [0.15, 0.2) is 10.1 Å². The fourth-order valence-corrected chi connectivity index (χ4v) is 2.22. The van der Waals surface area contributed by atoms with Crippen molar-refractivity contribution in [1.29, 1.82) is 0 Å². The number of ether oxygens (including phenoxy) is 3. The van der Waals surface area contributed by atoms with Crippen molar-refractivity contribution in [3.63, 3.8) is 0 Å². The normalized spacial score (nSPS) is 15.6. The average molecular weight is 509 g/mol. The number of rotatable bonds is 10. The highest BCUT2D eigenvalue weighted by Crippen LogP contribution is 2.42. The third-order valence-corrected chi connectivity index (χ3v) is 4.11. The monoisotopic (exact) mass is 509 g/mol. The van der Waals surface area contributed by atoms with Crippen LogP contribution < -0.4 is 0 Å². The Hall–Kier alpha value is -2.01. The van der Waals surface area contributed by atoms with E-state index in [9.17, 15) is 57.7 Å². The quantitative estimate of drug-likeness (QED) is 0.110. The standard InChI is InChI=1S/C15H18F8O8S/c1-8(16)9(24)30-13(14(19,20)21,10(25)31-11(2,3)4)29-7-5-6-12(17,18)15(22,23)32(26,27)28/h1,5-7H2,2-4H3,(H,26,27,28)/p-1. The molecule has 0 aliphatic rings. The Morgan fingerprint density at radius 1 is 0.969 bits per heavy atom. The van der Waals surface area contributed by atoms with E-state index in [1.165, 1.54) is 0 Å². The van der Waals surface area contributed by atoms with Crippen molar-refractivity contribution in [3.8, 4) is 0 Å². The Bertz CT molecular complexity index is 831. The first-order valence-electron chi connectivity index (χ1n) is 8.14. The molecule has 188 valence electrons. The number of carbonyl (C=O) groups is 2. The Labute approximate surface area is 176 Å². The van der Waals surface area contributed by atoms with E-state index >= 15 is 0 Å². The highest BCUT2D eigenvalue weighted by atomic mass is 32.2. The SMILES string of the molecule is C=C(F)C(=O)OC(OCCCC(F)(F)C(F)(F)S(=O)(=O)[O-])(C(=O)OC(C)(C)C)C(F)(F)F. The van der Waals surface area contributed by atoms with Crippen LogP contribution >= 0.6 is 0 Å². The Morgan fingerprint density at radius 2 is 1.44 bits per heavy atom. The molecule has 0 rings (SSSR count). The largest absolute Gasteiger partial charge is 0.743 e. The third-order valence-electron chi connectivity index (χ3n) is 3.18. The van der Waals surface area contributed by atoms with Gasteiger partial charge in [-0.1, -0.05) is 6.58 Å². The molecule has 0 aromatic carbocycles. The summed E-state index contributed by atoms with van der Waals surface area (Å²) in [5.74, 6) is -17.3. The van der Waals surface area contributed by atoms with Crippen LogP contribution in [0.25, 0.3) is 0 Å². The summed E-state index contributed by atoms with van der Waals surface area (Å²) < 4.78 is 150. The van der Waals surface area contributed by atoms with Crippen LogP contribution in [-0.2, 0) is 33.9 Å². The smallest absolute Gasteiger partial charge is 0.468 e. The van der Waals surface area contributed by atoms with Crippen LogP contribution in [0.1, 0.15) is 33.6 Å². The van der Waals surface area contributed by atoms with E-state index < -0.39 is 76.1 Å². The van der Waals surface area contributed by atoms with Crippen molar-refractivity contribution in [2.24, 2.45) is 0 Å². The van der Waals surface area contributed by atoms with E-state index in [0.717, 1.165) is 20.8 Å². The van der Waals surface area contributed by atoms with Gasteiger partial charge in [-0.15, -0.1) is 0 Å². The molecule has 0 aliphatic heterocycles. The second-order valence-electron chi connectivity index (χ2n) is 7.04. The topological polar surface area (TPSA) is 119 Å². The second-order valence-corrected chi connectivity index (χ2v) is 8.46. The van der Waals surface area contributed by atoms with Crippen LogP contribution in [0.3, 0.4) is 0 Å². The number of hydrogen-bond acceptors (Lipinski definition) is 8. The minimum atomic E-state index is -6.86. The van der Waals surface area contributed by atoms with Gasteiger partial charge in [0.25, 0.3) is 0 Å². The summed E-state index contributed by atoms with van der Waals surface area (Å²) in [6.45, 7) is 3.84. The molecule has 0 amide bonds. The van der Waals surface area contributed by atoms with Crippen molar-refractivity contribution >= 4 is 22.1 Å². The molecule has 0 aromatic rings. The van der Waals surface area contributed by atoms with Gasteiger partial charge in [0, 0.05) is 6.42 Å². The number of hydrogen-bond donors (Lipinski definition) is 0. The van der Waals surface area contributed by atoms with Gasteiger partial charge < -0.3 is 18.8 Å². The van der Waals surface area contributed by atoms with Gasteiger partial charge in [0.2, 0.25) is 5.83 Å². The van der Waals surface area contributed by atoms with E-state index in [2.05, 4.69) is 20.8 Å². The number of halogens is 8. The van der Waals surface area contributed by atoms with Gasteiger partial charge in [-0.2, -0.15) is 35.1 Å². The summed E-state index contributed by atoms with van der Waals surface area (Å²) in [5.41, 5.74) is -1.67. The highest BCUT2D eigenvalue weighted by molar-refractivity contribution is 7.86. The van der Waals surface area contributed by atoms with Gasteiger partial charge in [-0.25, -0.2) is 18.0 Å². The Balaban J connectivity index is 5.88. The first-order chi connectivity index (χ1) is 13.9. The molecule has 0 radical (unpaired) electrons. The van der Waals surface area contributed by atoms with Crippen LogP contribution in [0.2, 0.25) is 0 Å². The predicted octanol–water partition coefficient (Wildman–Crippen LogP) is 3.18. The van der Waals surface area contributed by atoms with Crippen LogP contribution in [0.5, 0.6) is 0 Å². The maximum atomic E-state index is 13.6. The predicted molar refractivity (Wildman–Crippen MR) is 85.7 cm³/mol. The zero-order valence-electron chi connectivity index (χ0n) is 16.5. The Morgan fingerprint density at radius 3 is 1.78 bits per heavy atom. The number of carbonyl (C=O) groups excluding carboxylic acids is 2. The van der Waals surface area contributed by atoms with Gasteiger partial charge in [-0.05, 0) is 27.2 Å². The lowest BCUT2D eigenvalue weighted by molar-refractivity contribution is -0.357. The van der Waals surface area contributed by atoms with Crippen molar-refractivity contribution < 1.29 is 71.9 Å². The molecule has 1 unspecified atom stereocenters. The van der Waals surface area contributed by atoms with E-state index in [1.54, 1.807) is 0 Å². The molecule has 8 nitrogen and oxygen atoms in total. The minimum Gasteiger partial charge on any atom is -0.743 e. The molecule has 0 saturated heterocycles. The molecule has 0 heterocycles. The average Bonchev–Trinajstić information content (AvgIpc) is 2.53. The fourth-order valence-electron chi connectivity index (χ4n) is 1.76. The minimum absolute atomic E-state index is 1.06. The molecule has 0 bridgehead atoms. The molecule has 0 saturated carbocycles. The zero-order valence-corrected chi connectivity index (χ0v) is 17.3. The van der Waals surface area contributed by atoms with Gasteiger partial charge in [-0.3, -0.25) is 0 Å². The summed E-state index contributed by atoms with van der Waals surface area (Å²) in [7, 11) is -6.86. The molecule has 1 atom stereocenters. The highest BCUT2D eigenvalue weighted by Gasteiger charge is 2.68. The van der Waals surface area contributed by atoms with Crippen molar-refractivity contribution in [1.82, 2.24) is 0 Å². The van der Waals surface area contributed by atoms with E-state index in [1.807, 2.05) is 0 Å². The first-order valence-corrected chi connectivity index (χ1v) is 9.55. The van der Waals surface area contributed by atoms with Crippen LogP contribution in [0.15, 0.2) is 12.4 Å².